The summed E-state index contributed by atoms with van der Waals surface area (Å²) in [7, 11) is 0. The zero-order valence-electron chi connectivity index (χ0n) is 15.2. The molecule has 0 saturated carbocycles. The van der Waals surface area contributed by atoms with Gasteiger partial charge in [0.15, 0.2) is 0 Å². The molecule has 4 rings (SSSR count). The summed E-state index contributed by atoms with van der Waals surface area (Å²) in [5, 5.41) is 7.87. The number of amides is 1. The molecule has 1 N–H and O–H groups in total. The predicted molar refractivity (Wildman–Crippen MR) is 109 cm³/mol. The molecule has 1 amide bonds. The molecule has 2 aromatic heterocycles. The van der Waals surface area contributed by atoms with E-state index in [1.807, 2.05) is 18.2 Å². The second kappa shape index (κ2) is 8.24. The monoisotopic (exact) mass is 406 g/mol. The van der Waals surface area contributed by atoms with Crippen LogP contribution in [0.3, 0.4) is 0 Å². The van der Waals surface area contributed by atoms with E-state index in [-0.39, 0.29) is 18.1 Å². The Bertz CT molecular complexity index is 1140. The molecule has 5 nitrogen and oxygen atoms in total. The highest BCUT2D eigenvalue weighted by Gasteiger charge is 2.19. The van der Waals surface area contributed by atoms with E-state index >= 15 is 0 Å². The topological polar surface area (TPSA) is 59.8 Å². The van der Waals surface area contributed by atoms with Crippen LogP contribution in [0.1, 0.15) is 16.2 Å². The molecule has 0 saturated heterocycles. The molecule has 0 atom stereocenters. The Balaban J connectivity index is 1.71. The molecule has 0 aliphatic rings. The van der Waals surface area contributed by atoms with Crippen LogP contribution >= 0.6 is 11.6 Å². The second-order valence-corrected chi connectivity index (χ2v) is 6.72. The molecule has 144 valence electrons. The minimum atomic E-state index is -0.409. The van der Waals surface area contributed by atoms with E-state index in [9.17, 15) is 9.18 Å². The van der Waals surface area contributed by atoms with Crippen molar-refractivity contribution >= 4 is 17.5 Å². The SMILES string of the molecule is O=C(NCc1ccccn1)c1cc(-c2ccccc2F)nn1-c1ccc(Cl)cc1. The van der Waals surface area contributed by atoms with Gasteiger partial charge < -0.3 is 5.32 Å². The summed E-state index contributed by atoms with van der Waals surface area (Å²) in [5.74, 6) is -0.755. The van der Waals surface area contributed by atoms with Crippen LogP contribution in [0, 0.1) is 5.82 Å². The van der Waals surface area contributed by atoms with Gasteiger partial charge in [-0.15, -0.1) is 0 Å². The van der Waals surface area contributed by atoms with Gasteiger partial charge in [-0.2, -0.15) is 5.10 Å². The summed E-state index contributed by atoms with van der Waals surface area (Å²) in [6, 6.07) is 20.3. The smallest absolute Gasteiger partial charge is 0.270 e. The molecular weight excluding hydrogens is 391 g/mol. The van der Waals surface area contributed by atoms with Crippen LogP contribution in [0.15, 0.2) is 79.0 Å². The van der Waals surface area contributed by atoms with Crippen molar-refractivity contribution in [2.75, 3.05) is 0 Å². The van der Waals surface area contributed by atoms with Crippen LogP contribution in [0.2, 0.25) is 5.02 Å². The first-order valence-electron chi connectivity index (χ1n) is 8.91. The summed E-state index contributed by atoms with van der Waals surface area (Å²) in [4.78, 5) is 17.1. The number of pyridine rings is 1. The molecule has 4 aromatic rings. The lowest BCUT2D eigenvalue weighted by Crippen LogP contribution is -2.25. The van der Waals surface area contributed by atoms with Crippen molar-refractivity contribution in [3.8, 4) is 16.9 Å². The number of carbonyl (C=O) groups is 1. The number of halogens is 2. The molecule has 0 fully saturated rings. The number of aromatic nitrogens is 3. The number of benzene rings is 2. The molecule has 2 aromatic carbocycles. The van der Waals surface area contributed by atoms with Crippen LogP contribution in [0.25, 0.3) is 16.9 Å². The highest BCUT2D eigenvalue weighted by atomic mass is 35.5. The standard InChI is InChI=1S/C22H16ClFN4O/c23-15-8-10-17(11-9-15)28-21(22(29)26-14-16-5-3-4-12-25-16)13-20(27-28)18-6-1-2-7-19(18)24/h1-13H,14H2,(H,26,29). The van der Waals surface area contributed by atoms with Gasteiger partial charge in [0, 0.05) is 16.8 Å². The maximum absolute atomic E-state index is 14.3. The first-order valence-corrected chi connectivity index (χ1v) is 9.28. The van der Waals surface area contributed by atoms with Crippen LogP contribution in [0.4, 0.5) is 4.39 Å². The predicted octanol–water partition coefficient (Wildman–Crippen LogP) is 4.66. The number of hydrogen-bond donors (Lipinski definition) is 1. The molecule has 0 radical (unpaired) electrons. The quantitative estimate of drug-likeness (QED) is 0.524. The van der Waals surface area contributed by atoms with Crippen molar-refractivity contribution in [3.05, 3.63) is 101 Å². The van der Waals surface area contributed by atoms with Gasteiger partial charge in [0.2, 0.25) is 0 Å². The van der Waals surface area contributed by atoms with E-state index in [2.05, 4.69) is 15.4 Å². The van der Waals surface area contributed by atoms with Crippen molar-refractivity contribution in [3.63, 3.8) is 0 Å². The van der Waals surface area contributed by atoms with E-state index in [0.717, 1.165) is 5.69 Å². The maximum Gasteiger partial charge on any atom is 0.270 e. The molecule has 0 aliphatic carbocycles. The molecule has 0 spiro atoms. The van der Waals surface area contributed by atoms with E-state index < -0.39 is 5.82 Å². The van der Waals surface area contributed by atoms with Crippen LogP contribution in [-0.4, -0.2) is 20.7 Å². The third-order valence-electron chi connectivity index (χ3n) is 4.32. The van der Waals surface area contributed by atoms with Gasteiger partial charge in [0.05, 0.1) is 23.6 Å². The lowest BCUT2D eigenvalue weighted by molar-refractivity contribution is 0.0942. The van der Waals surface area contributed by atoms with Crippen molar-refractivity contribution in [1.82, 2.24) is 20.1 Å². The zero-order chi connectivity index (χ0) is 20.2. The van der Waals surface area contributed by atoms with Crippen molar-refractivity contribution in [2.24, 2.45) is 0 Å². The second-order valence-electron chi connectivity index (χ2n) is 6.29. The molecular formula is C22H16ClFN4O. The van der Waals surface area contributed by atoms with Gasteiger partial charge in [-0.25, -0.2) is 9.07 Å². The Hall–Kier alpha value is -3.51. The van der Waals surface area contributed by atoms with E-state index in [0.29, 0.717) is 22.0 Å². The fourth-order valence-corrected chi connectivity index (χ4v) is 3.01. The Labute approximate surface area is 171 Å². The van der Waals surface area contributed by atoms with Crippen LogP contribution in [0.5, 0.6) is 0 Å². The van der Waals surface area contributed by atoms with Gasteiger partial charge in [0.1, 0.15) is 11.5 Å². The summed E-state index contributed by atoms with van der Waals surface area (Å²) >= 11 is 5.98. The van der Waals surface area contributed by atoms with Crippen molar-refractivity contribution < 1.29 is 9.18 Å². The highest BCUT2D eigenvalue weighted by Crippen LogP contribution is 2.25. The summed E-state index contributed by atoms with van der Waals surface area (Å²) in [5.41, 5.74) is 2.33. The fourth-order valence-electron chi connectivity index (χ4n) is 2.89. The average molecular weight is 407 g/mol. The maximum atomic E-state index is 14.3. The first kappa shape index (κ1) is 18.8. The Kier molecular flexibility index (Phi) is 5.35. The highest BCUT2D eigenvalue weighted by molar-refractivity contribution is 6.30. The van der Waals surface area contributed by atoms with E-state index in [1.165, 1.54) is 10.7 Å². The Morgan fingerprint density at radius 3 is 2.52 bits per heavy atom. The Morgan fingerprint density at radius 2 is 1.79 bits per heavy atom. The number of nitrogens with zero attached hydrogens (tertiary/aromatic N) is 3. The summed E-state index contributed by atoms with van der Waals surface area (Å²) < 4.78 is 15.7. The Morgan fingerprint density at radius 1 is 1.03 bits per heavy atom. The molecule has 0 bridgehead atoms. The van der Waals surface area contributed by atoms with Crippen molar-refractivity contribution in [2.45, 2.75) is 6.54 Å². The van der Waals surface area contributed by atoms with Crippen LogP contribution in [-0.2, 0) is 6.54 Å². The summed E-state index contributed by atoms with van der Waals surface area (Å²) in [6.07, 6.45) is 1.66. The molecule has 7 heteroatoms. The number of rotatable bonds is 5. The minimum absolute atomic E-state index is 0.264. The minimum Gasteiger partial charge on any atom is -0.345 e. The van der Waals surface area contributed by atoms with Gasteiger partial charge in [0.25, 0.3) is 5.91 Å². The number of nitrogens with one attached hydrogen (secondary N) is 1. The molecule has 0 unspecified atom stereocenters. The van der Waals surface area contributed by atoms with E-state index in [1.54, 1.807) is 54.7 Å². The van der Waals surface area contributed by atoms with Gasteiger partial charge in [-0.1, -0.05) is 29.8 Å². The summed E-state index contributed by atoms with van der Waals surface area (Å²) in [6.45, 7) is 0.264. The molecule has 2 heterocycles. The first-order chi connectivity index (χ1) is 14.1. The van der Waals surface area contributed by atoms with Gasteiger partial charge in [-0.3, -0.25) is 9.78 Å². The van der Waals surface area contributed by atoms with Gasteiger partial charge >= 0.3 is 0 Å². The molecule has 0 aliphatic heterocycles. The largest absolute Gasteiger partial charge is 0.345 e. The molecule has 29 heavy (non-hydrogen) atoms. The fraction of sp³-hybridized carbons (Fsp3) is 0.0455. The van der Waals surface area contributed by atoms with Crippen molar-refractivity contribution in [1.29, 1.82) is 0 Å². The number of hydrogen-bond acceptors (Lipinski definition) is 3. The van der Waals surface area contributed by atoms with Gasteiger partial charge in [-0.05, 0) is 54.6 Å². The lowest BCUT2D eigenvalue weighted by atomic mass is 10.1. The number of carbonyl (C=O) groups excluding carboxylic acids is 1. The van der Waals surface area contributed by atoms with Crippen LogP contribution < -0.4 is 5.32 Å². The zero-order valence-corrected chi connectivity index (χ0v) is 16.0. The lowest BCUT2D eigenvalue weighted by Gasteiger charge is -2.08. The third kappa shape index (κ3) is 4.17. The third-order valence-corrected chi connectivity index (χ3v) is 4.57. The average Bonchev–Trinajstić information content (AvgIpc) is 3.19. The van der Waals surface area contributed by atoms with E-state index in [4.69, 9.17) is 11.6 Å². The normalized spacial score (nSPS) is 10.7.